The molecule has 0 saturated carbocycles. The number of nitrogens with one attached hydrogen (secondary N) is 1. The van der Waals surface area contributed by atoms with Gasteiger partial charge >= 0.3 is 0 Å². The van der Waals surface area contributed by atoms with Crippen LogP contribution in [0.1, 0.15) is 43.4 Å². The molecule has 3 N–H and O–H groups in total. The number of nitrogens with zero attached hydrogens (tertiary/aromatic N) is 4. The minimum atomic E-state index is -0.399. The predicted molar refractivity (Wildman–Crippen MR) is 113 cm³/mol. The largest absolute Gasteiger partial charge is 0.396 e. The molecule has 2 aliphatic rings. The van der Waals surface area contributed by atoms with Crippen molar-refractivity contribution in [3.8, 4) is 0 Å². The highest BCUT2D eigenvalue weighted by atomic mass is 19.1. The van der Waals surface area contributed by atoms with Crippen molar-refractivity contribution in [3.05, 3.63) is 40.8 Å². The molecule has 1 aromatic carbocycles. The Kier molecular flexibility index (Phi) is 4.75. The quantitative estimate of drug-likeness (QED) is 0.770. The molecule has 0 fully saturated rings. The number of nitrogen functional groups attached to an aromatic ring is 1. The second-order valence-electron chi connectivity index (χ2n) is 7.23. The van der Waals surface area contributed by atoms with E-state index in [9.17, 15) is 4.39 Å². The predicted octanol–water partition coefficient (Wildman–Crippen LogP) is 3.88. The van der Waals surface area contributed by atoms with E-state index in [1.165, 1.54) is 6.07 Å². The van der Waals surface area contributed by atoms with Crippen LogP contribution in [0, 0.1) is 12.7 Å². The monoisotopic (exact) mass is 380 g/mol. The number of hydrogen-bond donors (Lipinski definition) is 2. The van der Waals surface area contributed by atoms with Gasteiger partial charge in [0.05, 0.1) is 12.2 Å². The number of amidine groups is 1. The lowest BCUT2D eigenvalue weighted by Gasteiger charge is -2.28. The van der Waals surface area contributed by atoms with E-state index in [1.54, 1.807) is 6.07 Å². The molecular weight excluding hydrogens is 355 g/mol. The molecule has 0 amide bonds. The van der Waals surface area contributed by atoms with Crippen LogP contribution in [0.5, 0.6) is 0 Å². The number of benzene rings is 1. The fraction of sp³-hybridized carbons (Fsp3) is 0.381. The minimum Gasteiger partial charge on any atom is -0.396 e. The number of aliphatic imine (C=N–C) groups is 1. The van der Waals surface area contributed by atoms with Crippen molar-refractivity contribution in [2.45, 2.75) is 39.7 Å². The maximum atomic E-state index is 13.8. The number of hydrogen-bond acceptors (Lipinski definition) is 6. The Morgan fingerprint density at radius 3 is 2.82 bits per heavy atom. The molecule has 0 radical (unpaired) electrons. The van der Waals surface area contributed by atoms with Crippen LogP contribution in [-0.4, -0.2) is 34.9 Å². The molecule has 7 heteroatoms. The second-order valence-corrected chi connectivity index (χ2v) is 7.23. The third-order valence-electron chi connectivity index (χ3n) is 5.39. The zero-order valence-electron chi connectivity index (χ0n) is 16.5. The summed E-state index contributed by atoms with van der Waals surface area (Å²) < 4.78 is 13.8. The number of anilines is 3. The van der Waals surface area contributed by atoms with Crippen LogP contribution in [0.3, 0.4) is 0 Å². The Morgan fingerprint density at radius 1 is 1.29 bits per heavy atom. The van der Waals surface area contributed by atoms with Gasteiger partial charge in [0.1, 0.15) is 17.5 Å². The van der Waals surface area contributed by atoms with E-state index in [2.05, 4.69) is 34.0 Å². The molecule has 146 valence electrons. The van der Waals surface area contributed by atoms with E-state index in [4.69, 9.17) is 10.7 Å². The van der Waals surface area contributed by atoms with Gasteiger partial charge in [-0.25, -0.2) is 9.37 Å². The van der Waals surface area contributed by atoms with Crippen LogP contribution in [-0.2, 0) is 0 Å². The van der Waals surface area contributed by atoms with Crippen LogP contribution in [0.15, 0.2) is 23.3 Å². The fourth-order valence-corrected chi connectivity index (χ4v) is 3.73. The van der Waals surface area contributed by atoms with Gasteiger partial charge < -0.3 is 16.0 Å². The van der Waals surface area contributed by atoms with Gasteiger partial charge in [-0.15, -0.1) is 0 Å². The van der Waals surface area contributed by atoms with Gasteiger partial charge in [0.2, 0.25) is 5.95 Å². The summed E-state index contributed by atoms with van der Waals surface area (Å²) in [7, 11) is 0. The lowest BCUT2D eigenvalue weighted by molar-refractivity contribution is 0.631. The van der Waals surface area contributed by atoms with Gasteiger partial charge in [0.25, 0.3) is 0 Å². The van der Waals surface area contributed by atoms with E-state index in [0.717, 1.165) is 53.3 Å². The first-order chi connectivity index (χ1) is 13.5. The van der Waals surface area contributed by atoms with Gasteiger partial charge in [-0.05, 0) is 49.1 Å². The Morgan fingerprint density at radius 2 is 2.07 bits per heavy atom. The molecule has 1 aromatic heterocycles. The summed E-state index contributed by atoms with van der Waals surface area (Å²) in [4.78, 5) is 16.1. The summed E-state index contributed by atoms with van der Waals surface area (Å²) in [6.07, 6.45) is 5.90. The lowest BCUT2D eigenvalue weighted by Crippen LogP contribution is -2.33. The highest BCUT2D eigenvalue weighted by molar-refractivity contribution is 6.36. The number of rotatable bonds is 5. The van der Waals surface area contributed by atoms with Crippen molar-refractivity contribution in [1.29, 1.82) is 0 Å². The smallest absolute Gasteiger partial charge is 0.224 e. The van der Waals surface area contributed by atoms with Crippen LogP contribution in [0.25, 0.3) is 11.6 Å². The van der Waals surface area contributed by atoms with Crippen molar-refractivity contribution in [2.75, 3.05) is 29.0 Å². The Hall–Kier alpha value is -2.96. The standard InChI is InChI=1S/C21H25FN6/c1-4-14(5-2)26-21-25-11-13-9-16(15-10-18(23)17(22)8-12(15)3)20-24-6-7-28(20)19(13)27-21/h8-11,14H,4-7,23H2,1-3H3,(H,25,26,27). The normalized spacial score (nSPS) is 15.2. The maximum Gasteiger partial charge on any atom is 0.224 e. The fourth-order valence-electron chi connectivity index (χ4n) is 3.73. The Bertz CT molecular complexity index is 977. The molecule has 28 heavy (non-hydrogen) atoms. The topological polar surface area (TPSA) is 79.4 Å². The van der Waals surface area contributed by atoms with E-state index in [1.807, 2.05) is 19.2 Å². The van der Waals surface area contributed by atoms with Crippen LogP contribution < -0.4 is 16.0 Å². The first-order valence-corrected chi connectivity index (χ1v) is 9.75. The van der Waals surface area contributed by atoms with E-state index in [-0.39, 0.29) is 5.69 Å². The zero-order valence-corrected chi connectivity index (χ0v) is 16.5. The van der Waals surface area contributed by atoms with Gasteiger partial charge in [-0.3, -0.25) is 4.99 Å². The van der Waals surface area contributed by atoms with Gasteiger partial charge in [-0.2, -0.15) is 4.98 Å². The molecule has 0 saturated heterocycles. The van der Waals surface area contributed by atoms with Gasteiger partial charge in [-0.1, -0.05) is 13.8 Å². The number of aryl methyl sites for hydroxylation is 1. The molecule has 6 nitrogen and oxygen atoms in total. The molecule has 0 spiro atoms. The number of fused-ring (bicyclic) bond motifs is 3. The first kappa shape index (κ1) is 18.4. The molecule has 0 unspecified atom stereocenters. The molecule has 2 aliphatic heterocycles. The number of aromatic nitrogens is 2. The molecule has 3 heterocycles. The second kappa shape index (κ2) is 7.22. The SMILES string of the molecule is CCC(CC)Nc1ncc2c(n1)N1CCN=C1C(c1cc(N)c(F)cc1C)=C2. The van der Waals surface area contributed by atoms with E-state index in [0.29, 0.717) is 18.5 Å². The van der Waals surface area contributed by atoms with Crippen LogP contribution >= 0.6 is 0 Å². The molecule has 0 aliphatic carbocycles. The lowest BCUT2D eigenvalue weighted by atomic mass is 9.94. The molecular formula is C21H25FN6. The van der Waals surface area contributed by atoms with Gasteiger partial charge in [0.15, 0.2) is 0 Å². The minimum absolute atomic E-state index is 0.137. The highest BCUT2D eigenvalue weighted by Gasteiger charge is 2.31. The van der Waals surface area contributed by atoms with Crippen molar-refractivity contribution in [1.82, 2.24) is 9.97 Å². The summed E-state index contributed by atoms with van der Waals surface area (Å²) in [5.41, 5.74) is 9.53. The van der Waals surface area contributed by atoms with E-state index >= 15 is 0 Å². The van der Waals surface area contributed by atoms with Crippen LogP contribution in [0.4, 0.5) is 21.8 Å². The molecule has 4 rings (SSSR count). The van der Waals surface area contributed by atoms with Crippen molar-refractivity contribution >= 4 is 34.9 Å². The summed E-state index contributed by atoms with van der Waals surface area (Å²) in [5.74, 6) is 1.95. The third kappa shape index (κ3) is 3.10. The van der Waals surface area contributed by atoms with Crippen molar-refractivity contribution in [3.63, 3.8) is 0 Å². The summed E-state index contributed by atoms with van der Waals surface area (Å²) in [6, 6.07) is 3.51. The molecule has 0 atom stereocenters. The summed E-state index contributed by atoms with van der Waals surface area (Å²) in [5, 5.41) is 3.41. The average Bonchev–Trinajstić information content (AvgIpc) is 3.18. The Labute approximate surface area is 164 Å². The van der Waals surface area contributed by atoms with Crippen molar-refractivity contribution < 1.29 is 4.39 Å². The summed E-state index contributed by atoms with van der Waals surface area (Å²) in [6.45, 7) is 7.64. The van der Waals surface area contributed by atoms with Gasteiger partial charge in [0, 0.05) is 29.9 Å². The number of nitrogens with two attached hydrogens (primary N) is 1. The first-order valence-electron chi connectivity index (χ1n) is 9.75. The van der Waals surface area contributed by atoms with E-state index < -0.39 is 5.82 Å². The maximum absolute atomic E-state index is 13.8. The summed E-state index contributed by atoms with van der Waals surface area (Å²) >= 11 is 0. The van der Waals surface area contributed by atoms with Crippen LogP contribution in [0.2, 0.25) is 0 Å². The highest BCUT2D eigenvalue weighted by Crippen LogP contribution is 2.37. The Balaban J connectivity index is 1.78. The molecule has 0 bridgehead atoms. The zero-order chi connectivity index (χ0) is 19.8. The van der Waals surface area contributed by atoms with Crippen molar-refractivity contribution in [2.24, 2.45) is 4.99 Å². The average molecular weight is 380 g/mol. The number of halogens is 1. The molecule has 2 aromatic rings. The third-order valence-corrected chi connectivity index (χ3v) is 5.39.